The van der Waals surface area contributed by atoms with E-state index in [9.17, 15) is 4.79 Å². The molecule has 1 N–H and O–H groups in total. The standard InChI is InChI=1S/C23H44O5Si/c1-17(28-29(7,8)21(2,3)4)10-9-11-18(25)12-14-22(5)19(26-22)13-15-23(6)20(16-24)27-23/h17,19-20,24H,9-16H2,1-8H3/t17-,19-,20-,22-,23-/m1/s1. The van der Waals surface area contributed by atoms with E-state index in [1.54, 1.807) is 0 Å². The van der Waals surface area contributed by atoms with Gasteiger partial charge in [0.15, 0.2) is 8.32 Å². The van der Waals surface area contributed by atoms with Crippen molar-refractivity contribution in [3.05, 3.63) is 0 Å². The third-order valence-electron chi connectivity index (χ3n) is 7.41. The molecule has 5 atom stereocenters. The van der Waals surface area contributed by atoms with E-state index in [1.807, 2.05) is 6.92 Å². The third kappa shape index (κ3) is 6.86. The molecule has 2 rings (SSSR count). The van der Waals surface area contributed by atoms with Crippen LogP contribution >= 0.6 is 0 Å². The number of aliphatic hydroxyl groups is 1. The van der Waals surface area contributed by atoms with Gasteiger partial charge in [-0.15, -0.1) is 0 Å². The second-order valence-corrected chi connectivity index (χ2v) is 15.9. The van der Waals surface area contributed by atoms with Crippen LogP contribution in [0.2, 0.25) is 18.1 Å². The Hall–Kier alpha value is -0.273. The fourth-order valence-electron chi connectivity index (χ4n) is 3.87. The van der Waals surface area contributed by atoms with Crippen molar-refractivity contribution in [2.45, 2.75) is 134 Å². The van der Waals surface area contributed by atoms with E-state index in [4.69, 9.17) is 19.0 Å². The Balaban J connectivity index is 1.58. The van der Waals surface area contributed by atoms with Crippen LogP contribution in [0.3, 0.4) is 0 Å². The molecule has 29 heavy (non-hydrogen) atoms. The zero-order valence-corrected chi connectivity index (χ0v) is 21.0. The molecular weight excluding hydrogens is 384 g/mol. The number of ketones is 1. The summed E-state index contributed by atoms with van der Waals surface area (Å²) < 4.78 is 17.8. The molecule has 5 nitrogen and oxygen atoms in total. The smallest absolute Gasteiger partial charge is 0.192 e. The van der Waals surface area contributed by atoms with Crippen molar-refractivity contribution in [1.82, 2.24) is 0 Å². The van der Waals surface area contributed by atoms with E-state index in [0.717, 1.165) is 32.1 Å². The Morgan fingerprint density at radius 1 is 1.10 bits per heavy atom. The van der Waals surface area contributed by atoms with Crippen LogP contribution in [0, 0.1) is 0 Å². The molecule has 0 unspecified atom stereocenters. The topological polar surface area (TPSA) is 71.6 Å². The number of carbonyl (C=O) groups is 1. The monoisotopic (exact) mass is 428 g/mol. The molecule has 2 saturated heterocycles. The quantitative estimate of drug-likeness (QED) is 0.330. The van der Waals surface area contributed by atoms with Crippen LogP contribution in [-0.2, 0) is 18.7 Å². The lowest BCUT2D eigenvalue weighted by atomic mass is 9.93. The number of Topliss-reactive ketones (excluding diaryl/α,β-unsaturated/α-hetero) is 1. The number of ether oxygens (including phenoxy) is 2. The molecule has 0 saturated carbocycles. The summed E-state index contributed by atoms with van der Waals surface area (Å²) in [5, 5.41) is 9.38. The molecule has 2 heterocycles. The Morgan fingerprint density at radius 2 is 1.69 bits per heavy atom. The first-order chi connectivity index (χ1) is 13.2. The molecule has 0 aromatic rings. The van der Waals surface area contributed by atoms with Crippen molar-refractivity contribution in [2.24, 2.45) is 0 Å². The predicted octanol–water partition coefficient (Wildman–Crippen LogP) is 5.00. The number of epoxide rings is 2. The van der Waals surface area contributed by atoms with Gasteiger partial charge in [0.25, 0.3) is 0 Å². The second-order valence-electron chi connectivity index (χ2n) is 11.2. The minimum atomic E-state index is -1.73. The highest BCUT2D eigenvalue weighted by atomic mass is 28.4. The summed E-state index contributed by atoms with van der Waals surface area (Å²) in [6, 6.07) is 0. The van der Waals surface area contributed by atoms with Crippen molar-refractivity contribution < 1.29 is 23.8 Å². The highest BCUT2D eigenvalue weighted by Crippen LogP contribution is 2.47. The molecule has 0 aliphatic carbocycles. The van der Waals surface area contributed by atoms with E-state index in [2.05, 4.69) is 47.7 Å². The molecule has 0 bridgehead atoms. The van der Waals surface area contributed by atoms with E-state index in [0.29, 0.717) is 18.6 Å². The van der Waals surface area contributed by atoms with Crippen molar-refractivity contribution in [3.63, 3.8) is 0 Å². The largest absolute Gasteiger partial charge is 0.414 e. The van der Waals surface area contributed by atoms with Gasteiger partial charge in [-0.25, -0.2) is 0 Å². The average molecular weight is 429 g/mol. The lowest BCUT2D eigenvalue weighted by molar-refractivity contribution is -0.119. The van der Waals surface area contributed by atoms with Crippen LogP contribution in [0.5, 0.6) is 0 Å². The molecular formula is C23H44O5Si. The van der Waals surface area contributed by atoms with E-state index < -0.39 is 8.32 Å². The normalized spacial score (nSPS) is 32.9. The Kier molecular flexibility index (Phi) is 7.82. The first-order valence-corrected chi connectivity index (χ1v) is 14.3. The summed E-state index contributed by atoms with van der Waals surface area (Å²) in [6.45, 7) is 17.7. The van der Waals surface area contributed by atoms with Crippen molar-refractivity contribution >= 4 is 14.1 Å². The van der Waals surface area contributed by atoms with Crippen LogP contribution in [0.25, 0.3) is 0 Å². The number of aliphatic hydroxyl groups excluding tert-OH is 1. The summed E-state index contributed by atoms with van der Waals surface area (Å²) in [5.74, 6) is 0.331. The summed E-state index contributed by atoms with van der Waals surface area (Å²) in [6.07, 6.45) is 6.11. The minimum Gasteiger partial charge on any atom is -0.414 e. The zero-order chi connectivity index (χ0) is 22.1. The maximum absolute atomic E-state index is 12.3. The van der Waals surface area contributed by atoms with Gasteiger partial charge in [-0.3, -0.25) is 4.79 Å². The molecule has 6 heteroatoms. The summed E-state index contributed by atoms with van der Waals surface area (Å²) in [4.78, 5) is 12.3. The van der Waals surface area contributed by atoms with Gasteiger partial charge in [0.1, 0.15) is 11.9 Å². The fraction of sp³-hybridized carbons (Fsp3) is 0.957. The summed E-state index contributed by atoms with van der Waals surface area (Å²) in [5.41, 5.74) is -0.338. The van der Waals surface area contributed by atoms with Gasteiger partial charge >= 0.3 is 0 Å². The highest BCUT2D eigenvalue weighted by molar-refractivity contribution is 6.74. The third-order valence-corrected chi connectivity index (χ3v) is 12.0. The Labute approximate surface area is 179 Å². The molecule has 0 radical (unpaired) electrons. The number of hydrogen-bond acceptors (Lipinski definition) is 5. The predicted molar refractivity (Wildman–Crippen MR) is 119 cm³/mol. The average Bonchev–Trinajstić information content (AvgIpc) is 3.45. The SMILES string of the molecule is C[C@H](CCCC(=O)CC[C@@]1(C)O[C@@H]1CC[C@@]1(C)O[C@@H]1CO)O[Si](C)(C)C(C)(C)C. The number of carbonyl (C=O) groups excluding carboxylic acids is 1. The van der Waals surface area contributed by atoms with E-state index in [1.165, 1.54) is 0 Å². The molecule has 0 spiro atoms. The van der Waals surface area contributed by atoms with Gasteiger partial charge in [0.05, 0.1) is 23.9 Å². The van der Waals surface area contributed by atoms with Crippen LogP contribution in [-0.4, -0.2) is 55.3 Å². The first kappa shape index (κ1) is 25.0. The molecule has 2 aliphatic rings. The van der Waals surface area contributed by atoms with Gasteiger partial charge < -0.3 is 19.0 Å². The van der Waals surface area contributed by atoms with Crippen LogP contribution < -0.4 is 0 Å². The van der Waals surface area contributed by atoms with E-state index in [-0.39, 0.29) is 41.2 Å². The highest BCUT2D eigenvalue weighted by Gasteiger charge is 2.56. The molecule has 2 aliphatic heterocycles. The van der Waals surface area contributed by atoms with Crippen LogP contribution in [0.4, 0.5) is 0 Å². The molecule has 0 amide bonds. The Bertz CT molecular complexity index is 572. The molecule has 0 aromatic carbocycles. The van der Waals surface area contributed by atoms with Gasteiger partial charge in [-0.1, -0.05) is 20.8 Å². The summed E-state index contributed by atoms with van der Waals surface area (Å²) in [7, 11) is -1.73. The van der Waals surface area contributed by atoms with Crippen LogP contribution in [0.15, 0.2) is 0 Å². The maximum Gasteiger partial charge on any atom is 0.192 e. The zero-order valence-electron chi connectivity index (χ0n) is 20.0. The lowest BCUT2D eigenvalue weighted by Crippen LogP contribution is -2.43. The maximum atomic E-state index is 12.3. The minimum absolute atomic E-state index is 0.0166. The molecule has 170 valence electrons. The van der Waals surface area contributed by atoms with Crippen molar-refractivity contribution in [1.29, 1.82) is 0 Å². The van der Waals surface area contributed by atoms with Crippen LogP contribution in [0.1, 0.15) is 86.5 Å². The first-order valence-electron chi connectivity index (χ1n) is 11.4. The lowest BCUT2D eigenvalue weighted by Gasteiger charge is -2.38. The van der Waals surface area contributed by atoms with Gasteiger partial charge in [-0.2, -0.15) is 0 Å². The van der Waals surface area contributed by atoms with Gasteiger partial charge in [0.2, 0.25) is 0 Å². The number of rotatable bonds is 13. The van der Waals surface area contributed by atoms with E-state index >= 15 is 0 Å². The van der Waals surface area contributed by atoms with Gasteiger partial charge in [-0.05, 0) is 71.0 Å². The molecule has 0 aromatic heterocycles. The van der Waals surface area contributed by atoms with Crippen molar-refractivity contribution in [2.75, 3.05) is 6.61 Å². The summed E-state index contributed by atoms with van der Waals surface area (Å²) >= 11 is 0. The van der Waals surface area contributed by atoms with Crippen molar-refractivity contribution in [3.8, 4) is 0 Å². The number of hydrogen-bond donors (Lipinski definition) is 1. The Morgan fingerprint density at radius 3 is 2.24 bits per heavy atom. The second kappa shape index (κ2) is 9.07. The van der Waals surface area contributed by atoms with Gasteiger partial charge in [0, 0.05) is 18.9 Å². The molecule has 2 fully saturated rings. The fourth-order valence-corrected chi connectivity index (χ4v) is 5.35.